The highest BCUT2D eigenvalue weighted by Crippen LogP contribution is 2.08. The van der Waals surface area contributed by atoms with E-state index in [1.54, 1.807) is 25.3 Å². The summed E-state index contributed by atoms with van der Waals surface area (Å²) in [4.78, 5) is 17.2. The van der Waals surface area contributed by atoms with Crippen LogP contribution in [0.2, 0.25) is 0 Å². The molecule has 1 amide bonds. The minimum Gasteiger partial charge on any atom is -0.347 e. The summed E-state index contributed by atoms with van der Waals surface area (Å²) in [6, 6.07) is -0.170. The van der Waals surface area contributed by atoms with E-state index in [0.717, 1.165) is 5.69 Å². The second-order valence-electron chi connectivity index (χ2n) is 3.37. The van der Waals surface area contributed by atoms with Gasteiger partial charge in [-0.25, -0.2) is 4.98 Å². The van der Waals surface area contributed by atoms with Gasteiger partial charge in [-0.3, -0.25) is 4.79 Å². The third-order valence-electron chi connectivity index (χ3n) is 1.98. The maximum Gasteiger partial charge on any atom is 0.244 e. The molecule has 0 radical (unpaired) electrons. The van der Waals surface area contributed by atoms with E-state index in [1.165, 1.54) is 0 Å². The van der Waals surface area contributed by atoms with Crippen molar-refractivity contribution in [3.8, 4) is 0 Å². The molecule has 1 aromatic heterocycles. The minimum absolute atomic E-state index is 0.0809. The van der Waals surface area contributed by atoms with Crippen LogP contribution in [0.1, 0.15) is 32.5 Å². The summed E-state index contributed by atoms with van der Waals surface area (Å²) in [6.07, 6.45) is 3.55. The zero-order chi connectivity index (χ0) is 12.0. The Balaban J connectivity index is 0.000000921. The first kappa shape index (κ1) is 13.7. The average Bonchev–Trinajstić information content (AvgIpc) is 2.65. The number of imidazole rings is 1. The van der Waals surface area contributed by atoms with Crippen molar-refractivity contribution >= 4 is 5.91 Å². The number of carbonyl (C=O) groups excluding carboxylic acids is 1. The van der Waals surface area contributed by atoms with Gasteiger partial charge in [0.1, 0.15) is 6.04 Å². The number of carbonyl (C=O) groups is 1. The lowest BCUT2D eigenvalue weighted by atomic mass is 10.3. The molecular formula is C11H21N3O. The number of amides is 1. The van der Waals surface area contributed by atoms with Gasteiger partial charge in [-0.15, -0.1) is 0 Å². The third-order valence-corrected chi connectivity index (χ3v) is 1.98. The Morgan fingerprint density at radius 3 is 2.33 bits per heavy atom. The van der Waals surface area contributed by atoms with Crippen molar-refractivity contribution in [2.75, 3.05) is 14.1 Å². The number of aryl methyl sites for hydroxylation is 1. The summed E-state index contributed by atoms with van der Waals surface area (Å²) in [6.45, 7) is 7.77. The second-order valence-corrected chi connectivity index (χ2v) is 3.37. The average molecular weight is 211 g/mol. The van der Waals surface area contributed by atoms with E-state index in [1.807, 2.05) is 38.5 Å². The van der Waals surface area contributed by atoms with E-state index in [9.17, 15) is 4.79 Å². The Hall–Kier alpha value is -1.32. The lowest BCUT2D eigenvalue weighted by molar-refractivity contribution is -0.131. The Morgan fingerprint density at radius 1 is 1.47 bits per heavy atom. The molecule has 1 atom stereocenters. The molecule has 0 saturated heterocycles. The molecule has 0 saturated carbocycles. The summed E-state index contributed by atoms with van der Waals surface area (Å²) < 4.78 is 1.82. The Bertz CT molecular complexity index is 305. The molecule has 15 heavy (non-hydrogen) atoms. The number of nitrogens with zero attached hydrogens (tertiary/aromatic N) is 3. The predicted molar refractivity (Wildman–Crippen MR) is 61.7 cm³/mol. The van der Waals surface area contributed by atoms with Crippen molar-refractivity contribution in [2.45, 2.75) is 33.7 Å². The van der Waals surface area contributed by atoms with Crippen molar-refractivity contribution in [1.82, 2.24) is 14.5 Å². The van der Waals surface area contributed by atoms with Crippen LogP contribution in [0.5, 0.6) is 0 Å². The van der Waals surface area contributed by atoms with Crippen LogP contribution < -0.4 is 0 Å². The van der Waals surface area contributed by atoms with Crippen LogP contribution in [0.4, 0.5) is 0 Å². The molecule has 0 aliphatic carbocycles. The zero-order valence-electron chi connectivity index (χ0n) is 10.5. The standard InChI is InChI=1S/C9H15N3O.C2H6/c1-7-5-12(6-10-7)8(2)9(13)11(3)4;1-2/h5-6,8H,1-4H3;1-2H3. The van der Waals surface area contributed by atoms with Gasteiger partial charge < -0.3 is 9.47 Å². The lowest BCUT2D eigenvalue weighted by Crippen LogP contribution is -2.29. The SMILES string of the molecule is CC.Cc1cn(C(C)C(=O)N(C)C)cn1. The van der Waals surface area contributed by atoms with E-state index in [2.05, 4.69) is 4.98 Å². The molecule has 86 valence electrons. The smallest absolute Gasteiger partial charge is 0.244 e. The maximum absolute atomic E-state index is 11.5. The number of hydrogen-bond donors (Lipinski definition) is 0. The topological polar surface area (TPSA) is 38.1 Å². The van der Waals surface area contributed by atoms with Gasteiger partial charge in [0, 0.05) is 20.3 Å². The predicted octanol–water partition coefficient (Wildman–Crippen LogP) is 1.87. The first-order valence-corrected chi connectivity index (χ1v) is 5.23. The molecule has 0 bridgehead atoms. The van der Waals surface area contributed by atoms with Crippen molar-refractivity contribution in [2.24, 2.45) is 0 Å². The molecule has 4 nitrogen and oxygen atoms in total. The van der Waals surface area contributed by atoms with Crippen molar-refractivity contribution in [3.05, 3.63) is 18.2 Å². The number of likely N-dealkylation sites (N-methyl/N-ethyl adjacent to an activating group) is 1. The van der Waals surface area contributed by atoms with Crippen molar-refractivity contribution in [1.29, 1.82) is 0 Å². The van der Waals surface area contributed by atoms with Crippen LogP contribution in [0.25, 0.3) is 0 Å². The van der Waals surface area contributed by atoms with Crippen molar-refractivity contribution in [3.63, 3.8) is 0 Å². The molecule has 0 aliphatic heterocycles. The van der Waals surface area contributed by atoms with Crippen LogP contribution >= 0.6 is 0 Å². The van der Waals surface area contributed by atoms with E-state index in [-0.39, 0.29) is 11.9 Å². The molecule has 1 unspecified atom stereocenters. The maximum atomic E-state index is 11.5. The monoisotopic (exact) mass is 211 g/mol. The molecule has 0 N–H and O–H groups in total. The van der Waals surface area contributed by atoms with Crippen LogP contribution in [0.3, 0.4) is 0 Å². The van der Waals surface area contributed by atoms with Gasteiger partial charge in [0.15, 0.2) is 0 Å². The Morgan fingerprint density at radius 2 is 2.00 bits per heavy atom. The zero-order valence-corrected chi connectivity index (χ0v) is 10.5. The van der Waals surface area contributed by atoms with Crippen LogP contribution in [0.15, 0.2) is 12.5 Å². The molecule has 1 aromatic rings. The normalized spacial score (nSPS) is 11.3. The molecule has 4 heteroatoms. The largest absolute Gasteiger partial charge is 0.347 e. The van der Waals surface area contributed by atoms with Gasteiger partial charge in [0.2, 0.25) is 5.91 Å². The summed E-state index contributed by atoms with van der Waals surface area (Å²) in [7, 11) is 3.51. The lowest BCUT2D eigenvalue weighted by Gasteiger charge is -2.17. The molecule has 0 fully saturated rings. The summed E-state index contributed by atoms with van der Waals surface area (Å²) in [5.74, 6) is 0.0809. The van der Waals surface area contributed by atoms with Gasteiger partial charge >= 0.3 is 0 Å². The fraction of sp³-hybridized carbons (Fsp3) is 0.636. The fourth-order valence-electron chi connectivity index (χ4n) is 1.15. The highest BCUT2D eigenvalue weighted by atomic mass is 16.2. The first-order chi connectivity index (χ1) is 7.02. The third kappa shape index (κ3) is 3.73. The van der Waals surface area contributed by atoms with Gasteiger partial charge in [-0.2, -0.15) is 0 Å². The molecule has 1 heterocycles. The number of aromatic nitrogens is 2. The van der Waals surface area contributed by atoms with Gasteiger partial charge in [-0.1, -0.05) is 13.8 Å². The molecule has 1 rings (SSSR count). The van der Waals surface area contributed by atoms with E-state index in [0.29, 0.717) is 0 Å². The van der Waals surface area contributed by atoms with Crippen LogP contribution in [-0.2, 0) is 4.79 Å². The minimum atomic E-state index is -0.170. The molecular weight excluding hydrogens is 190 g/mol. The molecule has 0 aliphatic rings. The second kappa shape index (κ2) is 6.22. The van der Waals surface area contributed by atoms with E-state index >= 15 is 0 Å². The van der Waals surface area contributed by atoms with Crippen molar-refractivity contribution < 1.29 is 4.79 Å². The molecule has 0 aromatic carbocycles. The molecule has 0 spiro atoms. The fourth-order valence-corrected chi connectivity index (χ4v) is 1.15. The van der Waals surface area contributed by atoms with Gasteiger partial charge in [0.05, 0.1) is 12.0 Å². The quantitative estimate of drug-likeness (QED) is 0.749. The van der Waals surface area contributed by atoms with Gasteiger partial charge in [-0.05, 0) is 13.8 Å². The summed E-state index contributed by atoms with van der Waals surface area (Å²) >= 11 is 0. The Labute approximate surface area is 91.9 Å². The van der Waals surface area contributed by atoms with E-state index in [4.69, 9.17) is 0 Å². The van der Waals surface area contributed by atoms with Crippen LogP contribution in [-0.4, -0.2) is 34.5 Å². The summed E-state index contributed by atoms with van der Waals surface area (Å²) in [5, 5.41) is 0. The Kier molecular flexibility index (Phi) is 5.67. The highest BCUT2D eigenvalue weighted by molar-refractivity contribution is 5.79. The van der Waals surface area contributed by atoms with Crippen LogP contribution in [0, 0.1) is 6.92 Å². The van der Waals surface area contributed by atoms with Gasteiger partial charge in [0.25, 0.3) is 0 Å². The van der Waals surface area contributed by atoms with E-state index < -0.39 is 0 Å². The number of rotatable bonds is 2. The number of hydrogen-bond acceptors (Lipinski definition) is 2. The first-order valence-electron chi connectivity index (χ1n) is 5.23. The summed E-state index contributed by atoms with van der Waals surface area (Å²) in [5.41, 5.74) is 0.929. The highest BCUT2D eigenvalue weighted by Gasteiger charge is 2.15.